The Hall–Kier alpha value is -5.91. The van der Waals surface area contributed by atoms with Crippen LogP contribution in [0, 0.1) is 0 Å². The Labute approximate surface area is 275 Å². The lowest BCUT2D eigenvalue weighted by Gasteiger charge is -2.39. The first-order valence-electron chi connectivity index (χ1n) is 15.7. The average molecular weight is 620 g/mol. The van der Waals surface area contributed by atoms with Gasteiger partial charge in [-0.05, 0) is 69.4 Å². The Balaban J connectivity index is 1.26. The predicted molar refractivity (Wildman–Crippen MR) is 189 cm³/mol. The second-order valence-electron chi connectivity index (χ2n) is 12.0. The summed E-state index contributed by atoms with van der Waals surface area (Å²) in [7, 11) is 0. The van der Waals surface area contributed by atoms with E-state index in [0.29, 0.717) is 17.5 Å². The van der Waals surface area contributed by atoms with Gasteiger partial charge in [0.1, 0.15) is 11.5 Å². The molecule has 1 aliphatic carbocycles. The van der Waals surface area contributed by atoms with Gasteiger partial charge in [-0.25, -0.2) is 15.0 Å². The minimum absolute atomic E-state index is 0.531. The van der Waals surface area contributed by atoms with Crippen LogP contribution in [0.1, 0.15) is 22.3 Å². The van der Waals surface area contributed by atoms with Crippen molar-refractivity contribution in [1.82, 2.24) is 15.0 Å². The lowest BCUT2D eigenvalue weighted by atomic mass is 9.66. The summed E-state index contributed by atoms with van der Waals surface area (Å²) in [6.45, 7) is 0. The number of ether oxygens (including phenoxy) is 1. The molecule has 0 radical (unpaired) electrons. The van der Waals surface area contributed by atoms with Gasteiger partial charge in [0.05, 0.1) is 5.41 Å². The summed E-state index contributed by atoms with van der Waals surface area (Å²) in [5.74, 6) is 3.72. The number of rotatable bonds is 3. The molecular weight excluding hydrogens is 595 g/mol. The first-order chi connectivity index (χ1) is 23.3. The van der Waals surface area contributed by atoms with Crippen LogP contribution in [0.4, 0.5) is 0 Å². The monoisotopic (exact) mass is 619 g/mol. The maximum atomic E-state index is 6.55. The maximum Gasteiger partial charge on any atom is 0.164 e. The molecule has 0 atom stereocenters. The average Bonchev–Trinajstić information content (AvgIpc) is 3.72. The SMILES string of the molecule is c1ccc(-c2nc(-c3ccccc3)nc(-c3ccc4c(c3)-c3cc5ccsc5cc3C43c4ccccc4Oc4ccccc43)n2)cc1. The number of nitrogens with zero attached hydrogens (tertiary/aromatic N) is 3. The van der Waals surface area contributed by atoms with Gasteiger partial charge in [0.2, 0.25) is 0 Å². The normalized spacial score (nSPS) is 13.4. The van der Waals surface area contributed by atoms with Crippen LogP contribution in [0.3, 0.4) is 0 Å². The molecule has 47 heavy (non-hydrogen) atoms. The molecule has 2 aromatic heterocycles. The van der Waals surface area contributed by atoms with Crippen molar-refractivity contribution >= 4 is 21.4 Å². The summed E-state index contributed by atoms with van der Waals surface area (Å²) in [5, 5.41) is 3.42. The highest BCUT2D eigenvalue weighted by atomic mass is 32.1. The number of hydrogen-bond donors (Lipinski definition) is 0. The summed E-state index contributed by atoms with van der Waals surface area (Å²) in [4.78, 5) is 15.0. The molecule has 0 amide bonds. The second kappa shape index (κ2) is 10.0. The zero-order valence-corrected chi connectivity index (χ0v) is 25.9. The van der Waals surface area contributed by atoms with Crippen molar-refractivity contribution in [3.8, 4) is 56.8 Å². The molecule has 0 bridgehead atoms. The number of aromatic nitrogens is 3. The van der Waals surface area contributed by atoms with Gasteiger partial charge in [-0.3, -0.25) is 0 Å². The molecule has 1 aliphatic heterocycles. The van der Waals surface area contributed by atoms with Crippen molar-refractivity contribution < 1.29 is 4.74 Å². The van der Waals surface area contributed by atoms with Crippen molar-refractivity contribution in [3.05, 3.63) is 173 Å². The van der Waals surface area contributed by atoms with Crippen molar-refractivity contribution in [2.75, 3.05) is 0 Å². The van der Waals surface area contributed by atoms with Crippen molar-refractivity contribution in [2.45, 2.75) is 5.41 Å². The van der Waals surface area contributed by atoms with Gasteiger partial charge >= 0.3 is 0 Å². The van der Waals surface area contributed by atoms with Crippen LogP contribution in [0.2, 0.25) is 0 Å². The first kappa shape index (κ1) is 26.3. The van der Waals surface area contributed by atoms with Gasteiger partial charge in [0.15, 0.2) is 17.5 Å². The third kappa shape index (κ3) is 3.84. The van der Waals surface area contributed by atoms with E-state index < -0.39 is 5.41 Å². The molecule has 3 heterocycles. The van der Waals surface area contributed by atoms with E-state index in [1.165, 1.54) is 32.3 Å². The third-order valence-electron chi connectivity index (χ3n) is 9.47. The third-order valence-corrected chi connectivity index (χ3v) is 10.3. The smallest absolute Gasteiger partial charge is 0.164 e. The molecule has 6 aromatic carbocycles. The summed E-state index contributed by atoms with van der Waals surface area (Å²) in [5.41, 5.74) is 9.54. The highest BCUT2D eigenvalue weighted by molar-refractivity contribution is 7.17. The minimum atomic E-state index is -0.531. The number of fused-ring (bicyclic) bond motifs is 10. The van der Waals surface area contributed by atoms with Crippen molar-refractivity contribution in [3.63, 3.8) is 0 Å². The summed E-state index contributed by atoms with van der Waals surface area (Å²) >= 11 is 1.78. The first-order valence-corrected chi connectivity index (χ1v) is 16.6. The Morgan fingerprint density at radius 2 is 1.00 bits per heavy atom. The molecule has 1 spiro atoms. The Kier molecular flexibility index (Phi) is 5.63. The number of benzene rings is 6. The lowest BCUT2D eigenvalue weighted by Crippen LogP contribution is -2.32. The van der Waals surface area contributed by atoms with Crippen LogP contribution in [0.25, 0.3) is 55.4 Å². The van der Waals surface area contributed by atoms with Crippen LogP contribution in [-0.4, -0.2) is 15.0 Å². The topological polar surface area (TPSA) is 47.9 Å². The van der Waals surface area contributed by atoms with Crippen molar-refractivity contribution in [2.24, 2.45) is 0 Å². The molecule has 4 nitrogen and oxygen atoms in total. The van der Waals surface area contributed by atoms with E-state index in [9.17, 15) is 0 Å². The molecule has 5 heteroatoms. The fourth-order valence-corrected chi connectivity index (χ4v) is 8.24. The van der Waals surface area contributed by atoms with Gasteiger partial charge in [-0.15, -0.1) is 11.3 Å². The van der Waals surface area contributed by atoms with E-state index in [-0.39, 0.29) is 0 Å². The van der Waals surface area contributed by atoms with E-state index in [2.05, 4.69) is 90.3 Å². The highest BCUT2D eigenvalue weighted by Gasteiger charge is 2.51. The van der Waals surface area contributed by atoms with E-state index in [4.69, 9.17) is 19.7 Å². The van der Waals surface area contributed by atoms with Gasteiger partial charge in [0, 0.05) is 32.5 Å². The molecule has 2 aliphatic rings. The van der Waals surface area contributed by atoms with Gasteiger partial charge in [-0.2, -0.15) is 0 Å². The van der Waals surface area contributed by atoms with Crippen LogP contribution >= 0.6 is 11.3 Å². The van der Waals surface area contributed by atoms with Crippen LogP contribution in [-0.2, 0) is 5.41 Å². The minimum Gasteiger partial charge on any atom is -0.457 e. The number of thiophene rings is 1. The number of hydrogen-bond acceptors (Lipinski definition) is 5. The van der Waals surface area contributed by atoms with Crippen molar-refractivity contribution in [1.29, 1.82) is 0 Å². The highest BCUT2D eigenvalue weighted by Crippen LogP contribution is 2.62. The predicted octanol–water partition coefficient (Wildman–Crippen LogP) is 10.6. The Morgan fingerprint density at radius 1 is 0.447 bits per heavy atom. The van der Waals surface area contributed by atoms with E-state index in [1.807, 2.05) is 60.7 Å². The van der Waals surface area contributed by atoms with Crippen LogP contribution in [0.5, 0.6) is 11.5 Å². The molecule has 0 unspecified atom stereocenters. The van der Waals surface area contributed by atoms with Gasteiger partial charge < -0.3 is 4.74 Å². The largest absolute Gasteiger partial charge is 0.457 e. The Morgan fingerprint density at radius 3 is 1.64 bits per heavy atom. The Bertz CT molecular complexity index is 2400. The fraction of sp³-hybridized carbons (Fsp3) is 0.0238. The van der Waals surface area contributed by atoms with E-state index in [1.54, 1.807) is 11.3 Å². The second-order valence-corrected chi connectivity index (χ2v) is 12.9. The molecule has 10 rings (SSSR count). The molecular formula is C42H25N3OS. The molecule has 0 saturated heterocycles. The quantitative estimate of drug-likeness (QED) is 0.197. The van der Waals surface area contributed by atoms with E-state index in [0.717, 1.165) is 39.3 Å². The molecule has 0 fully saturated rings. The summed E-state index contributed by atoms with van der Waals surface area (Å²) in [6, 6.07) is 50.9. The van der Waals surface area contributed by atoms with E-state index >= 15 is 0 Å². The standard InChI is InChI=1S/C42H25N3OS/c1-3-11-26(12-4-1)39-43-40(27-13-5-2-6-14-27)45-41(44-39)29-19-20-32-30(24-29)31-23-28-21-22-47-38(28)25-35(31)42(32)33-15-7-9-17-36(33)46-37-18-10-8-16-34(37)42/h1-25H. The molecule has 0 saturated carbocycles. The van der Waals surface area contributed by atoms with Crippen LogP contribution in [0.15, 0.2) is 151 Å². The maximum absolute atomic E-state index is 6.55. The van der Waals surface area contributed by atoms with Gasteiger partial charge in [-0.1, -0.05) is 109 Å². The summed E-state index contributed by atoms with van der Waals surface area (Å²) < 4.78 is 7.82. The molecule has 8 aromatic rings. The number of para-hydroxylation sites is 2. The molecule has 0 N–H and O–H groups in total. The van der Waals surface area contributed by atoms with Gasteiger partial charge in [0.25, 0.3) is 0 Å². The summed E-state index contributed by atoms with van der Waals surface area (Å²) in [6.07, 6.45) is 0. The van der Waals surface area contributed by atoms with Crippen LogP contribution < -0.4 is 4.74 Å². The fourth-order valence-electron chi connectivity index (χ4n) is 7.43. The lowest BCUT2D eigenvalue weighted by molar-refractivity contribution is 0.436. The zero-order chi connectivity index (χ0) is 31.0. The molecule has 220 valence electrons. The zero-order valence-electron chi connectivity index (χ0n) is 25.1.